The molecule has 1 aromatic heterocycles. The van der Waals surface area contributed by atoms with Crippen LogP contribution in [0.4, 0.5) is 0 Å². The first-order chi connectivity index (χ1) is 9.22. The maximum Gasteiger partial charge on any atom is 0.134 e. The molecule has 3 rings (SSSR count). The van der Waals surface area contributed by atoms with Crippen LogP contribution < -0.4 is 0 Å². The SMILES string of the molecule is OC(CCC1CCCC1)c1cc2cc(Cl)ccc2o1. The van der Waals surface area contributed by atoms with E-state index >= 15 is 0 Å². The molecule has 0 bridgehead atoms. The van der Waals surface area contributed by atoms with Crippen LogP contribution in [0.3, 0.4) is 0 Å². The molecule has 2 aromatic rings. The molecule has 0 amide bonds. The van der Waals surface area contributed by atoms with Crippen molar-refractivity contribution in [2.75, 3.05) is 0 Å². The molecule has 2 nitrogen and oxygen atoms in total. The topological polar surface area (TPSA) is 33.4 Å². The molecule has 0 aliphatic heterocycles. The summed E-state index contributed by atoms with van der Waals surface area (Å²) < 4.78 is 5.69. The first kappa shape index (κ1) is 13.0. The van der Waals surface area contributed by atoms with Gasteiger partial charge in [0.25, 0.3) is 0 Å². The number of benzene rings is 1. The van der Waals surface area contributed by atoms with Gasteiger partial charge in [0.1, 0.15) is 17.4 Å². The third-order valence-electron chi connectivity index (χ3n) is 4.15. The number of hydrogen-bond donors (Lipinski definition) is 1. The van der Waals surface area contributed by atoms with E-state index in [4.69, 9.17) is 16.0 Å². The fraction of sp³-hybridized carbons (Fsp3) is 0.500. The van der Waals surface area contributed by atoms with Crippen molar-refractivity contribution in [1.82, 2.24) is 0 Å². The molecular formula is C16H19ClO2. The van der Waals surface area contributed by atoms with Crippen LogP contribution in [0.5, 0.6) is 0 Å². The molecule has 1 unspecified atom stereocenters. The Labute approximate surface area is 118 Å². The van der Waals surface area contributed by atoms with Crippen LogP contribution in [0.25, 0.3) is 11.0 Å². The molecule has 1 N–H and O–H groups in total. The zero-order chi connectivity index (χ0) is 13.2. The van der Waals surface area contributed by atoms with Gasteiger partial charge in [-0.1, -0.05) is 37.3 Å². The minimum absolute atomic E-state index is 0.494. The Hall–Kier alpha value is -0.990. The zero-order valence-electron chi connectivity index (χ0n) is 10.9. The Kier molecular flexibility index (Phi) is 3.81. The highest BCUT2D eigenvalue weighted by Crippen LogP contribution is 2.33. The van der Waals surface area contributed by atoms with Crippen LogP contribution in [0.15, 0.2) is 28.7 Å². The van der Waals surface area contributed by atoms with E-state index in [0.717, 1.165) is 29.7 Å². The highest BCUT2D eigenvalue weighted by molar-refractivity contribution is 6.31. The number of rotatable bonds is 4. The summed E-state index contributed by atoms with van der Waals surface area (Å²) in [6.45, 7) is 0. The first-order valence-corrected chi connectivity index (χ1v) is 7.47. The average molecular weight is 279 g/mol. The van der Waals surface area contributed by atoms with Gasteiger partial charge >= 0.3 is 0 Å². The van der Waals surface area contributed by atoms with Crippen molar-refractivity contribution in [3.05, 3.63) is 35.0 Å². The lowest BCUT2D eigenvalue weighted by molar-refractivity contribution is 0.133. The second-order valence-corrected chi connectivity index (χ2v) is 6.01. The van der Waals surface area contributed by atoms with E-state index in [0.29, 0.717) is 10.8 Å². The quantitative estimate of drug-likeness (QED) is 0.845. The molecule has 1 aliphatic carbocycles. The number of aliphatic hydroxyl groups is 1. The minimum Gasteiger partial charge on any atom is -0.458 e. The average Bonchev–Trinajstić information content (AvgIpc) is 3.04. The lowest BCUT2D eigenvalue weighted by atomic mass is 9.99. The summed E-state index contributed by atoms with van der Waals surface area (Å²) >= 11 is 5.95. The van der Waals surface area contributed by atoms with Crippen molar-refractivity contribution in [2.45, 2.75) is 44.6 Å². The van der Waals surface area contributed by atoms with E-state index in [1.807, 2.05) is 24.3 Å². The highest BCUT2D eigenvalue weighted by Gasteiger charge is 2.19. The summed E-state index contributed by atoms with van der Waals surface area (Å²) in [6.07, 6.45) is 6.74. The third kappa shape index (κ3) is 2.96. The van der Waals surface area contributed by atoms with Gasteiger partial charge in [0.15, 0.2) is 0 Å². The molecular weight excluding hydrogens is 260 g/mol. The summed E-state index contributed by atoms with van der Waals surface area (Å²) in [7, 11) is 0. The molecule has 0 saturated heterocycles. The van der Waals surface area contributed by atoms with Gasteiger partial charge in [-0.05, 0) is 43.0 Å². The summed E-state index contributed by atoms with van der Waals surface area (Å²) in [4.78, 5) is 0. The Morgan fingerprint density at radius 2 is 2.05 bits per heavy atom. The number of hydrogen-bond acceptors (Lipinski definition) is 2. The Morgan fingerprint density at radius 3 is 2.84 bits per heavy atom. The maximum absolute atomic E-state index is 10.2. The van der Waals surface area contributed by atoms with E-state index in [1.54, 1.807) is 0 Å². The zero-order valence-corrected chi connectivity index (χ0v) is 11.7. The van der Waals surface area contributed by atoms with E-state index in [2.05, 4.69) is 0 Å². The maximum atomic E-state index is 10.2. The minimum atomic E-state index is -0.494. The monoisotopic (exact) mass is 278 g/mol. The molecule has 0 radical (unpaired) electrons. The summed E-state index contributed by atoms with van der Waals surface area (Å²) in [5.41, 5.74) is 0.791. The molecule has 3 heteroatoms. The second kappa shape index (κ2) is 5.56. The third-order valence-corrected chi connectivity index (χ3v) is 4.38. The van der Waals surface area contributed by atoms with Gasteiger partial charge in [-0.2, -0.15) is 0 Å². The Bertz CT molecular complexity index is 555. The summed E-state index contributed by atoms with van der Waals surface area (Å²) in [5.74, 6) is 1.46. The van der Waals surface area contributed by atoms with E-state index < -0.39 is 6.10 Å². The van der Waals surface area contributed by atoms with Gasteiger partial charge in [0, 0.05) is 10.4 Å². The first-order valence-electron chi connectivity index (χ1n) is 7.09. The van der Waals surface area contributed by atoms with Gasteiger partial charge in [-0.3, -0.25) is 0 Å². The van der Waals surface area contributed by atoms with Gasteiger partial charge in [-0.25, -0.2) is 0 Å². The van der Waals surface area contributed by atoms with Gasteiger partial charge < -0.3 is 9.52 Å². The summed E-state index contributed by atoms with van der Waals surface area (Å²) in [6, 6.07) is 7.43. The van der Waals surface area contributed by atoms with Crippen molar-refractivity contribution in [1.29, 1.82) is 0 Å². The lowest BCUT2D eigenvalue weighted by Crippen LogP contribution is -2.00. The van der Waals surface area contributed by atoms with Crippen molar-refractivity contribution < 1.29 is 9.52 Å². The molecule has 1 aliphatic rings. The van der Waals surface area contributed by atoms with Gasteiger partial charge in [-0.15, -0.1) is 0 Å². The van der Waals surface area contributed by atoms with Crippen molar-refractivity contribution in [2.24, 2.45) is 5.92 Å². The van der Waals surface area contributed by atoms with E-state index in [1.165, 1.54) is 25.7 Å². The van der Waals surface area contributed by atoms with Crippen molar-refractivity contribution >= 4 is 22.6 Å². The fourth-order valence-corrected chi connectivity index (χ4v) is 3.21. The molecule has 1 saturated carbocycles. The van der Waals surface area contributed by atoms with Crippen LogP contribution in [-0.2, 0) is 0 Å². The predicted octanol–water partition coefficient (Wildman–Crippen LogP) is 5.09. The van der Waals surface area contributed by atoms with Crippen LogP contribution in [-0.4, -0.2) is 5.11 Å². The molecule has 1 heterocycles. The highest BCUT2D eigenvalue weighted by atomic mass is 35.5. The largest absolute Gasteiger partial charge is 0.458 e. The van der Waals surface area contributed by atoms with Crippen LogP contribution in [0.1, 0.15) is 50.4 Å². The number of fused-ring (bicyclic) bond motifs is 1. The van der Waals surface area contributed by atoms with Gasteiger partial charge in [0.2, 0.25) is 0 Å². The summed E-state index contributed by atoms with van der Waals surface area (Å²) in [5, 5.41) is 11.9. The lowest BCUT2D eigenvalue weighted by Gasteiger charge is -2.11. The van der Waals surface area contributed by atoms with Crippen molar-refractivity contribution in [3.8, 4) is 0 Å². The predicted molar refractivity (Wildman–Crippen MR) is 77.4 cm³/mol. The van der Waals surface area contributed by atoms with E-state index in [9.17, 15) is 5.11 Å². The smallest absolute Gasteiger partial charge is 0.134 e. The number of halogens is 1. The molecule has 1 fully saturated rings. The fourth-order valence-electron chi connectivity index (χ4n) is 3.03. The Balaban J connectivity index is 1.68. The van der Waals surface area contributed by atoms with Crippen LogP contribution in [0, 0.1) is 5.92 Å². The molecule has 1 atom stereocenters. The normalized spacial score (nSPS) is 18.2. The Morgan fingerprint density at radius 1 is 1.26 bits per heavy atom. The standard InChI is InChI=1S/C16H19ClO2/c17-13-6-8-15-12(9-13)10-16(19-15)14(18)7-5-11-3-1-2-4-11/h6,8-11,14,18H,1-5,7H2. The molecule has 19 heavy (non-hydrogen) atoms. The van der Waals surface area contributed by atoms with Gasteiger partial charge in [0.05, 0.1) is 0 Å². The van der Waals surface area contributed by atoms with Crippen LogP contribution in [0.2, 0.25) is 5.02 Å². The second-order valence-electron chi connectivity index (χ2n) is 5.57. The van der Waals surface area contributed by atoms with Crippen LogP contribution >= 0.6 is 11.6 Å². The van der Waals surface area contributed by atoms with E-state index in [-0.39, 0.29) is 0 Å². The molecule has 0 spiro atoms. The molecule has 1 aromatic carbocycles. The number of aliphatic hydroxyl groups excluding tert-OH is 1. The molecule has 102 valence electrons. The number of furan rings is 1. The van der Waals surface area contributed by atoms with Crippen molar-refractivity contribution in [3.63, 3.8) is 0 Å².